The molecule has 2 rings (SSSR count). The summed E-state index contributed by atoms with van der Waals surface area (Å²) in [4.78, 5) is 0. The van der Waals surface area contributed by atoms with Gasteiger partial charge in [0.05, 0.1) is 29.3 Å². The van der Waals surface area contributed by atoms with Gasteiger partial charge in [0, 0.05) is 5.92 Å². The fourth-order valence-corrected chi connectivity index (χ4v) is 3.17. The first kappa shape index (κ1) is 14.1. The Morgan fingerprint density at radius 3 is 2.25 bits per heavy atom. The second-order valence-electron chi connectivity index (χ2n) is 4.35. The van der Waals surface area contributed by atoms with Crippen molar-refractivity contribution < 1.29 is 4.74 Å². The van der Waals surface area contributed by atoms with Crippen LogP contribution in [-0.2, 0) is 0 Å². The second-order valence-corrected chi connectivity index (χ2v) is 5.43. The third kappa shape index (κ3) is 2.38. The molecule has 2 unspecified atom stereocenters. The zero-order chi connectivity index (χ0) is 14.7. The lowest BCUT2D eigenvalue weighted by Gasteiger charge is -2.31. The SMILES string of the molecule is COc1cccc(C2C(C#N)C(=N)SC(=N)C2C#N)c1. The van der Waals surface area contributed by atoms with Crippen LogP contribution in [-0.4, -0.2) is 17.2 Å². The number of nitrogens with zero attached hydrogens (tertiary/aromatic N) is 2. The van der Waals surface area contributed by atoms with Gasteiger partial charge in [-0.25, -0.2) is 0 Å². The van der Waals surface area contributed by atoms with Crippen molar-refractivity contribution in [2.45, 2.75) is 5.92 Å². The Labute approximate surface area is 121 Å². The molecule has 0 amide bonds. The standard InChI is InChI=1S/C14H12N4OS/c1-19-9-4-2-3-8(5-9)12-10(6-15)13(17)20-14(18)11(12)7-16/h2-5,10-12,17-18H,1H3. The van der Waals surface area contributed by atoms with E-state index < -0.39 is 17.8 Å². The van der Waals surface area contributed by atoms with Crippen LogP contribution >= 0.6 is 11.8 Å². The minimum Gasteiger partial charge on any atom is -0.497 e. The van der Waals surface area contributed by atoms with E-state index in [0.717, 1.165) is 17.3 Å². The van der Waals surface area contributed by atoms with Gasteiger partial charge in [-0.2, -0.15) is 10.5 Å². The van der Waals surface area contributed by atoms with Crippen LogP contribution in [0.4, 0.5) is 0 Å². The molecule has 1 fully saturated rings. The highest BCUT2D eigenvalue weighted by atomic mass is 32.2. The maximum atomic E-state index is 9.30. The van der Waals surface area contributed by atoms with E-state index in [1.165, 1.54) is 0 Å². The summed E-state index contributed by atoms with van der Waals surface area (Å²) in [6, 6.07) is 11.3. The van der Waals surface area contributed by atoms with Gasteiger partial charge in [0.2, 0.25) is 0 Å². The highest BCUT2D eigenvalue weighted by Gasteiger charge is 2.42. The predicted molar refractivity (Wildman–Crippen MR) is 77.0 cm³/mol. The fraction of sp³-hybridized carbons (Fsp3) is 0.286. The van der Waals surface area contributed by atoms with Gasteiger partial charge < -0.3 is 4.74 Å². The van der Waals surface area contributed by atoms with Crippen molar-refractivity contribution in [2.24, 2.45) is 11.8 Å². The van der Waals surface area contributed by atoms with E-state index >= 15 is 0 Å². The van der Waals surface area contributed by atoms with Crippen molar-refractivity contribution >= 4 is 21.8 Å². The summed E-state index contributed by atoms with van der Waals surface area (Å²) in [6.07, 6.45) is 0. The van der Waals surface area contributed by atoms with Crippen molar-refractivity contribution in [3.63, 3.8) is 0 Å². The Bertz CT molecular complexity index is 611. The summed E-state index contributed by atoms with van der Waals surface area (Å²) in [7, 11) is 1.55. The quantitative estimate of drug-likeness (QED) is 0.871. The normalized spacial score (nSPS) is 25.6. The largest absolute Gasteiger partial charge is 0.497 e. The van der Waals surface area contributed by atoms with Gasteiger partial charge in [-0.05, 0) is 17.7 Å². The molecule has 2 atom stereocenters. The highest BCUT2D eigenvalue weighted by molar-refractivity contribution is 8.26. The van der Waals surface area contributed by atoms with Crippen LogP contribution in [0.25, 0.3) is 0 Å². The number of methoxy groups -OCH3 is 1. The van der Waals surface area contributed by atoms with E-state index in [0.29, 0.717) is 5.75 Å². The van der Waals surface area contributed by atoms with Gasteiger partial charge in [-0.3, -0.25) is 10.8 Å². The number of benzene rings is 1. The average molecular weight is 284 g/mol. The second kappa shape index (κ2) is 5.77. The highest BCUT2D eigenvalue weighted by Crippen LogP contribution is 2.42. The smallest absolute Gasteiger partial charge is 0.119 e. The number of thioether (sulfide) groups is 1. The Balaban J connectivity index is 2.52. The van der Waals surface area contributed by atoms with Crippen molar-refractivity contribution in [3.8, 4) is 17.9 Å². The summed E-state index contributed by atoms with van der Waals surface area (Å²) < 4.78 is 5.16. The molecule has 2 N–H and O–H groups in total. The number of nitrogens with one attached hydrogen (secondary N) is 2. The predicted octanol–water partition coefficient (Wildman–Crippen LogP) is 2.76. The van der Waals surface area contributed by atoms with Crippen molar-refractivity contribution in [1.29, 1.82) is 21.3 Å². The topological polar surface area (TPSA) is 105 Å². The third-order valence-corrected chi connectivity index (χ3v) is 4.21. The lowest BCUT2D eigenvalue weighted by molar-refractivity contribution is 0.413. The van der Waals surface area contributed by atoms with E-state index in [2.05, 4.69) is 12.1 Å². The van der Waals surface area contributed by atoms with Crippen LogP contribution in [0.3, 0.4) is 0 Å². The lowest BCUT2D eigenvalue weighted by Crippen LogP contribution is -2.34. The monoisotopic (exact) mass is 284 g/mol. The van der Waals surface area contributed by atoms with Crippen molar-refractivity contribution in [2.75, 3.05) is 7.11 Å². The molecule has 1 aromatic carbocycles. The Hall–Kier alpha value is -2.31. The molecule has 6 heteroatoms. The molecule has 1 saturated heterocycles. The zero-order valence-corrected chi connectivity index (χ0v) is 11.6. The summed E-state index contributed by atoms with van der Waals surface area (Å²) >= 11 is 0.905. The third-order valence-electron chi connectivity index (χ3n) is 3.26. The molecule has 1 heterocycles. The zero-order valence-electron chi connectivity index (χ0n) is 10.8. The molecule has 0 bridgehead atoms. The van der Waals surface area contributed by atoms with Crippen LogP contribution in [0.1, 0.15) is 11.5 Å². The average Bonchev–Trinajstić information content (AvgIpc) is 2.46. The molecule has 0 aliphatic carbocycles. The van der Waals surface area contributed by atoms with Gasteiger partial charge in [0.1, 0.15) is 17.6 Å². The lowest BCUT2D eigenvalue weighted by atomic mass is 9.78. The number of nitriles is 2. The molecule has 1 aliphatic rings. The van der Waals surface area contributed by atoms with Crippen LogP contribution in [0, 0.1) is 45.3 Å². The van der Waals surface area contributed by atoms with E-state index in [4.69, 9.17) is 15.6 Å². The summed E-state index contributed by atoms with van der Waals surface area (Å²) in [6.45, 7) is 0. The first-order chi connectivity index (χ1) is 9.62. The van der Waals surface area contributed by atoms with Gasteiger partial charge in [-0.15, -0.1) is 0 Å². The summed E-state index contributed by atoms with van der Waals surface area (Å²) in [5, 5.41) is 34.6. The molecule has 5 nitrogen and oxygen atoms in total. The molecule has 0 saturated carbocycles. The van der Waals surface area contributed by atoms with E-state index in [9.17, 15) is 10.5 Å². The Kier molecular flexibility index (Phi) is 4.07. The molecular weight excluding hydrogens is 272 g/mol. The fourth-order valence-electron chi connectivity index (χ4n) is 2.28. The van der Waals surface area contributed by atoms with Gasteiger partial charge in [0.25, 0.3) is 0 Å². The van der Waals surface area contributed by atoms with Gasteiger partial charge >= 0.3 is 0 Å². The molecule has 1 aromatic rings. The molecule has 0 aromatic heterocycles. The number of ether oxygens (including phenoxy) is 1. The molecule has 20 heavy (non-hydrogen) atoms. The van der Waals surface area contributed by atoms with Crippen molar-refractivity contribution in [1.82, 2.24) is 0 Å². The van der Waals surface area contributed by atoms with Crippen LogP contribution in [0.2, 0.25) is 0 Å². The molecule has 0 radical (unpaired) electrons. The minimum absolute atomic E-state index is 0.122. The molecule has 100 valence electrons. The molecule has 0 spiro atoms. The number of hydrogen-bond acceptors (Lipinski definition) is 6. The van der Waals surface area contributed by atoms with E-state index in [1.54, 1.807) is 31.4 Å². The number of rotatable bonds is 2. The maximum absolute atomic E-state index is 9.30. The van der Waals surface area contributed by atoms with E-state index in [1.807, 2.05) is 0 Å². The molecule has 1 aliphatic heterocycles. The van der Waals surface area contributed by atoms with Gasteiger partial charge in [-0.1, -0.05) is 23.9 Å². The maximum Gasteiger partial charge on any atom is 0.119 e. The number of hydrogen-bond donors (Lipinski definition) is 2. The minimum atomic E-state index is -0.703. The Morgan fingerprint density at radius 2 is 1.75 bits per heavy atom. The van der Waals surface area contributed by atoms with Crippen LogP contribution in [0.5, 0.6) is 5.75 Å². The summed E-state index contributed by atoms with van der Waals surface area (Å²) in [5.41, 5.74) is 0.747. The van der Waals surface area contributed by atoms with E-state index in [-0.39, 0.29) is 10.1 Å². The Morgan fingerprint density at radius 1 is 1.15 bits per heavy atom. The van der Waals surface area contributed by atoms with Crippen molar-refractivity contribution in [3.05, 3.63) is 29.8 Å². The summed E-state index contributed by atoms with van der Waals surface area (Å²) in [5.74, 6) is -1.27. The van der Waals surface area contributed by atoms with Gasteiger partial charge in [0.15, 0.2) is 0 Å². The first-order valence-corrected chi connectivity index (χ1v) is 6.72. The first-order valence-electron chi connectivity index (χ1n) is 5.90. The van der Waals surface area contributed by atoms with Crippen LogP contribution in [0.15, 0.2) is 24.3 Å². The van der Waals surface area contributed by atoms with Crippen LogP contribution < -0.4 is 4.74 Å². The molecular formula is C14H12N4OS.